The number of benzene rings is 2. The van der Waals surface area contributed by atoms with Crippen LogP contribution in [-0.4, -0.2) is 24.6 Å². The summed E-state index contributed by atoms with van der Waals surface area (Å²) in [5.74, 6) is -1.73. The fourth-order valence-corrected chi connectivity index (χ4v) is 2.18. The number of carbonyl (C=O) groups is 2. The zero-order valence-corrected chi connectivity index (χ0v) is 14.8. The number of amides is 2. The van der Waals surface area contributed by atoms with Crippen molar-refractivity contribution in [3.8, 4) is 5.75 Å². The fourth-order valence-electron chi connectivity index (χ4n) is 2.18. The first kappa shape index (κ1) is 20.3. The van der Waals surface area contributed by atoms with Gasteiger partial charge in [0.2, 0.25) is 0 Å². The predicted molar refractivity (Wildman–Crippen MR) is 94.4 cm³/mol. The van der Waals surface area contributed by atoms with Gasteiger partial charge < -0.3 is 15.4 Å². The maximum atomic E-state index is 12.2. The van der Waals surface area contributed by atoms with E-state index in [0.717, 1.165) is 11.1 Å². The maximum absolute atomic E-state index is 12.2. The smallest absolute Gasteiger partial charge is 0.471 e. The molecule has 0 spiro atoms. The van der Waals surface area contributed by atoms with Gasteiger partial charge in [0.1, 0.15) is 5.75 Å². The van der Waals surface area contributed by atoms with Gasteiger partial charge in [0.05, 0.1) is 0 Å². The van der Waals surface area contributed by atoms with Gasteiger partial charge in [0.15, 0.2) is 6.61 Å². The summed E-state index contributed by atoms with van der Waals surface area (Å²) in [4.78, 5) is 22.8. The molecule has 0 saturated heterocycles. The van der Waals surface area contributed by atoms with Crippen LogP contribution in [0.3, 0.4) is 0 Å². The van der Waals surface area contributed by atoms with E-state index in [-0.39, 0.29) is 24.7 Å². The van der Waals surface area contributed by atoms with Gasteiger partial charge in [-0.2, -0.15) is 13.2 Å². The van der Waals surface area contributed by atoms with Crippen LogP contribution >= 0.6 is 0 Å². The Balaban J connectivity index is 1.81. The zero-order chi connectivity index (χ0) is 20.0. The summed E-state index contributed by atoms with van der Waals surface area (Å²) in [7, 11) is 0. The lowest BCUT2D eigenvalue weighted by atomic mass is 10.1. The van der Waals surface area contributed by atoms with Crippen LogP contribution in [0, 0.1) is 13.8 Å². The molecule has 0 unspecified atom stereocenters. The molecule has 2 N–H and O–H groups in total. The highest BCUT2D eigenvalue weighted by atomic mass is 19.4. The highest BCUT2D eigenvalue weighted by Crippen LogP contribution is 2.20. The largest absolute Gasteiger partial charge is 0.483 e. The van der Waals surface area contributed by atoms with Gasteiger partial charge in [-0.05, 0) is 48.7 Å². The van der Waals surface area contributed by atoms with Crippen LogP contribution in [0.2, 0.25) is 0 Å². The average Bonchev–Trinajstić information content (AvgIpc) is 2.61. The predicted octanol–water partition coefficient (Wildman–Crippen LogP) is 3.50. The summed E-state index contributed by atoms with van der Waals surface area (Å²) in [6.07, 6.45) is -4.94. The third-order valence-electron chi connectivity index (χ3n) is 3.87. The minimum absolute atomic E-state index is 0.0191. The second-order valence-electron chi connectivity index (χ2n) is 5.91. The molecule has 2 rings (SSSR count). The van der Waals surface area contributed by atoms with Crippen molar-refractivity contribution >= 4 is 17.5 Å². The first-order valence-corrected chi connectivity index (χ1v) is 8.09. The highest BCUT2D eigenvalue weighted by Gasteiger charge is 2.38. The van der Waals surface area contributed by atoms with E-state index >= 15 is 0 Å². The molecule has 0 atom stereocenters. The molecule has 2 amide bonds. The van der Waals surface area contributed by atoms with Gasteiger partial charge in [-0.25, -0.2) is 0 Å². The van der Waals surface area contributed by atoms with Crippen molar-refractivity contribution in [1.29, 1.82) is 0 Å². The Kier molecular flexibility index (Phi) is 6.44. The van der Waals surface area contributed by atoms with Crippen molar-refractivity contribution in [3.63, 3.8) is 0 Å². The number of rotatable bonds is 6. The molecule has 0 aliphatic carbocycles. The van der Waals surface area contributed by atoms with E-state index in [1.54, 1.807) is 11.4 Å². The van der Waals surface area contributed by atoms with Crippen LogP contribution in [-0.2, 0) is 16.1 Å². The minimum Gasteiger partial charge on any atom is -0.483 e. The number of halogens is 3. The van der Waals surface area contributed by atoms with E-state index in [4.69, 9.17) is 4.74 Å². The topological polar surface area (TPSA) is 67.4 Å². The number of hydrogen-bond acceptors (Lipinski definition) is 3. The Bertz CT molecular complexity index is 818. The van der Waals surface area contributed by atoms with Gasteiger partial charge in [-0.1, -0.05) is 24.3 Å². The molecular weight excluding hydrogens is 361 g/mol. The molecule has 8 heteroatoms. The van der Waals surface area contributed by atoms with Crippen molar-refractivity contribution < 1.29 is 27.5 Å². The van der Waals surface area contributed by atoms with Gasteiger partial charge in [0.25, 0.3) is 5.91 Å². The molecule has 144 valence electrons. The van der Waals surface area contributed by atoms with E-state index in [1.165, 1.54) is 24.3 Å². The lowest BCUT2D eigenvalue weighted by Gasteiger charge is -2.11. The Morgan fingerprint density at radius 1 is 1.04 bits per heavy atom. The lowest BCUT2D eigenvalue weighted by molar-refractivity contribution is -0.167. The number of aryl methyl sites for hydroxylation is 1. The quantitative estimate of drug-likeness (QED) is 0.806. The molecule has 27 heavy (non-hydrogen) atoms. The number of carbonyl (C=O) groups excluding carboxylic acids is 2. The number of nitrogens with one attached hydrogen (secondary N) is 2. The zero-order valence-electron chi connectivity index (χ0n) is 14.8. The molecule has 0 fully saturated rings. The summed E-state index contributed by atoms with van der Waals surface area (Å²) in [6, 6.07) is 11.3. The van der Waals surface area contributed by atoms with Gasteiger partial charge >= 0.3 is 12.1 Å². The van der Waals surface area contributed by atoms with E-state index in [1.807, 2.05) is 26.0 Å². The molecule has 0 bridgehead atoms. The lowest BCUT2D eigenvalue weighted by Crippen LogP contribution is -2.30. The van der Waals surface area contributed by atoms with Crippen LogP contribution in [0.25, 0.3) is 0 Å². The van der Waals surface area contributed by atoms with Crippen molar-refractivity contribution in [2.75, 3.05) is 11.9 Å². The average molecular weight is 380 g/mol. The molecule has 5 nitrogen and oxygen atoms in total. The van der Waals surface area contributed by atoms with E-state index < -0.39 is 12.1 Å². The summed E-state index contributed by atoms with van der Waals surface area (Å²) < 4.78 is 42.1. The van der Waals surface area contributed by atoms with Crippen molar-refractivity contribution in [2.45, 2.75) is 26.6 Å². The molecule has 0 saturated carbocycles. The number of alkyl halides is 3. The Morgan fingerprint density at radius 2 is 1.70 bits per heavy atom. The van der Waals surface area contributed by atoms with Gasteiger partial charge in [0, 0.05) is 12.2 Å². The SMILES string of the molecule is Cc1cccc(OCC(=O)NCc2ccc(NC(=O)C(F)(F)F)cc2)c1C. The summed E-state index contributed by atoms with van der Waals surface area (Å²) in [5.41, 5.74) is 2.71. The van der Waals surface area contributed by atoms with Crippen LogP contribution in [0.5, 0.6) is 5.75 Å². The third kappa shape index (κ3) is 6.02. The Labute approximate surface area is 154 Å². The van der Waals surface area contributed by atoms with Crippen LogP contribution in [0.15, 0.2) is 42.5 Å². The number of ether oxygens (including phenoxy) is 1. The highest BCUT2D eigenvalue weighted by molar-refractivity contribution is 5.94. The van der Waals surface area contributed by atoms with Crippen LogP contribution < -0.4 is 15.4 Å². The molecule has 0 aliphatic heterocycles. The fraction of sp³-hybridized carbons (Fsp3) is 0.263. The summed E-state index contributed by atoms with van der Waals surface area (Å²) in [6.45, 7) is 3.89. The van der Waals surface area contributed by atoms with Crippen LogP contribution in [0.1, 0.15) is 16.7 Å². The maximum Gasteiger partial charge on any atom is 0.471 e. The standard InChI is InChI=1S/C19H19F3N2O3/c1-12-4-3-5-16(13(12)2)27-11-17(25)23-10-14-6-8-15(9-7-14)24-18(26)19(20,21)22/h3-9H,10-11H2,1-2H3,(H,23,25)(H,24,26). The first-order chi connectivity index (χ1) is 12.7. The normalized spacial score (nSPS) is 11.0. The van der Waals surface area contributed by atoms with Crippen molar-refractivity contribution in [2.24, 2.45) is 0 Å². The van der Waals surface area contributed by atoms with Gasteiger partial charge in [-0.15, -0.1) is 0 Å². The molecule has 2 aromatic rings. The van der Waals surface area contributed by atoms with Crippen LogP contribution in [0.4, 0.5) is 18.9 Å². The van der Waals surface area contributed by atoms with E-state index in [0.29, 0.717) is 11.3 Å². The minimum atomic E-state index is -4.94. The summed E-state index contributed by atoms with van der Waals surface area (Å²) >= 11 is 0. The molecular formula is C19H19F3N2O3. The number of anilines is 1. The molecule has 0 heterocycles. The van der Waals surface area contributed by atoms with Crippen molar-refractivity contribution in [1.82, 2.24) is 5.32 Å². The summed E-state index contributed by atoms with van der Waals surface area (Å²) in [5, 5.41) is 4.41. The van der Waals surface area contributed by atoms with Crippen molar-refractivity contribution in [3.05, 3.63) is 59.2 Å². The second kappa shape index (κ2) is 8.57. The molecule has 2 aromatic carbocycles. The molecule has 0 radical (unpaired) electrons. The number of hydrogen-bond donors (Lipinski definition) is 2. The Hall–Kier alpha value is -3.03. The first-order valence-electron chi connectivity index (χ1n) is 8.09. The third-order valence-corrected chi connectivity index (χ3v) is 3.87. The molecule has 0 aromatic heterocycles. The second-order valence-corrected chi connectivity index (χ2v) is 5.91. The molecule has 0 aliphatic rings. The van der Waals surface area contributed by atoms with Gasteiger partial charge in [-0.3, -0.25) is 9.59 Å². The monoisotopic (exact) mass is 380 g/mol. The van der Waals surface area contributed by atoms with E-state index in [2.05, 4.69) is 5.32 Å². The Morgan fingerprint density at radius 3 is 2.33 bits per heavy atom. The van der Waals surface area contributed by atoms with E-state index in [9.17, 15) is 22.8 Å².